The molecule has 0 atom stereocenters. The Labute approximate surface area is 123 Å². The Bertz CT molecular complexity index is 521. The molecule has 2 N–H and O–H groups in total. The molecule has 0 bridgehead atoms. The molecular weight excluding hydrogens is 272 g/mol. The standard InChI is InChI=1S/C15H20N2O4/c1-15(2,14(19)21-3)9-8-11-4-5-12(16-10-11)6-7-13(18)17-20/h4-7,10,20H,8-9H2,1-3H3,(H,17,18)/b7-6+. The summed E-state index contributed by atoms with van der Waals surface area (Å²) in [5.41, 5.74) is 2.57. The first-order valence-electron chi connectivity index (χ1n) is 6.54. The van der Waals surface area contributed by atoms with E-state index in [1.807, 2.05) is 19.9 Å². The third-order valence-corrected chi connectivity index (χ3v) is 3.14. The van der Waals surface area contributed by atoms with Crippen molar-refractivity contribution in [3.8, 4) is 0 Å². The minimum atomic E-state index is -0.610. The number of aromatic nitrogens is 1. The van der Waals surface area contributed by atoms with Crippen molar-refractivity contribution in [2.75, 3.05) is 7.11 Å². The van der Waals surface area contributed by atoms with Gasteiger partial charge in [0.2, 0.25) is 0 Å². The van der Waals surface area contributed by atoms with Gasteiger partial charge in [0.25, 0.3) is 5.91 Å². The Morgan fingerprint density at radius 3 is 2.67 bits per heavy atom. The van der Waals surface area contributed by atoms with Crippen molar-refractivity contribution in [3.05, 3.63) is 35.7 Å². The zero-order valence-corrected chi connectivity index (χ0v) is 12.4. The molecule has 0 aliphatic rings. The first-order chi connectivity index (χ1) is 9.89. The van der Waals surface area contributed by atoms with Gasteiger partial charge in [-0.05, 0) is 44.4 Å². The van der Waals surface area contributed by atoms with Crippen molar-refractivity contribution < 1.29 is 19.5 Å². The average Bonchev–Trinajstić information content (AvgIpc) is 2.50. The van der Waals surface area contributed by atoms with Crippen molar-refractivity contribution in [3.63, 3.8) is 0 Å². The molecule has 0 aromatic carbocycles. The van der Waals surface area contributed by atoms with Crippen LogP contribution in [0.2, 0.25) is 0 Å². The molecule has 0 radical (unpaired) electrons. The number of aryl methyl sites for hydroxylation is 1. The highest BCUT2D eigenvalue weighted by molar-refractivity contribution is 5.90. The van der Waals surface area contributed by atoms with Gasteiger partial charge in [-0.3, -0.25) is 19.8 Å². The minimum Gasteiger partial charge on any atom is -0.469 e. The highest BCUT2D eigenvalue weighted by atomic mass is 16.5. The zero-order chi connectivity index (χ0) is 15.9. The minimum absolute atomic E-state index is 0.231. The first kappa shape index (κ1) is 16.8. The first-order valence-corrected chi connectivity index (χ1v) is 6.54. The summed E-state index contributed by atoms with van der Waals surface area (Å²) in [6.45, 7) is 3.69. The third-order valence-electron chi connectivity index (χ3n) is 3.14. The van der Waals surface area contributed by atoms with Gasteiger partial charge in [0.15, 0.2) is 0 Å². The van der Waals surface area contributed by atoms with Crippen molar-refractivity contribution in [2.24, 2.45) is 5.41 Å². The molecule has 6 heteroatoms. The summed E-state index contributed by atoms with van der Waals surface area (Å²) in [4.78, 5) is 26.6. The van der Waals surface area contributed by atoms with E-state index < -0.39 is 11.3 Å². The average molecular weight is 292 g/mol. The van der Waals surface area contributed by atoms with Gasteiger partial charge in [0, 0.05) is 12.3 Å². The maximum absolute atomic E-state index is 11.6. The molecule has 1 aromatic rings. The van der Waals surface area contributed by atoms with E-state index in [1.165, 1.54) is 24.7 Å². The van der Waals surface area contributed by atoms with Crippen molar-refractivity contribution >= 4 is 18.0 Å². The fourth-order valence-corrected chi connectivity index (χ4v) is 1.72. The van der Waals surface area contributed by atoms with Crippen LogP contribution in [0.3, 0.4) is 0 Å². The number of nitrogens with one attached hydrogen (secondary N) is 1. The van der Waals surface area contributed by atoms with Crippen LogP contribution in [-0.2, 0) is 20.7 Å². The smallest absolute Gasteiger partial charge is 0.311 e. The van der Waals surface area contributed by atoms with Gasteiger partial charge in [-0.2, -0.15) is 0 Å². The number of rotatable bonds is 6. The SMILES string of the molecule is COC(=O)C(C)(C)CCc1ccc(/C=C/C(=O)NO)nc1. The highest BCUT2D eigenvalue weighted by Crippen LogP contribution is 2.24. The van der Waals surface area contributed by atoms with Crippen molar-refractivity contribution in [2.45, 2.75) is 26.7 Å². The molecule has 1 rings (SSSR count). The molecule has 1 amide bonds. The van der Waals surface area contributed by atoms with Gasteiger partial charge < -0.3 is 4.74 Å². The molecule has 0 aliphatic carbocycles. The second-order valence-electron chi connectivity index (χ2n) is 5.28. The molecule has 6 nitrogen and oxygen atoms in total. The van der Waals surface area contributed by atoms with Crippen LogP contribution in [-0.4, -0.2) is 29.2 Å². The number of carbonyl (C=O) groups excluding carboxylic acids is 2. The van der Waals surface area contributed by atoms with E-state index in [4.69, 9.17) is 9.94 Å². The second-order valence-corrected chi connectivity index (χ2v) is 5.28. The lowest BCUT2D eigenvalue weighted by atomic mass is 9.86. The van der Waals surface area contributed by atoms with Crippen LogP contribution in [0.1, 0.15) is 31.5 Å². The predicted octanol–water partition coefficient (Wildman–Crippen LogP) is 1.73. The molecule has 0 aliphatic heterocycles. The lowest BCUT2D eigenvalue weighted by Gasteiger charge is -2.21. The lowest BCUT2D eigenvalue weighted by molar-refractivity contribution is -0.151. The summed E-state index contributed by atoms with van der Waals surface area (Å²) in [5.74, 6) is -0.842. The molecule has 0 spiro atoms. The normalized spacial score (nSPS) is 11.4. The van der Waals surface area contributed by atoms with Gasteiger partial charge in [0.1, 0.15) is 0 Å². The number of hydroxylamine groups is 1. The highest BCUT2D eigenvalue weighted by Gasteiger charge is 2.28. The van der Waals surface area contributed by atoms with Crippen LogP contribution < -0.4 is 5.48 Å². The zero-order valence-electron chi connectivity index (χ0n) is 12.4. The van der Waals surface area contributed by atoms with E-state index in [1.54, 1.807) is 12.3 Å². The number of methoxy groups -OCH3 is 1. The number of pyridine rings is 1. The van der Waals surface area contributed by atoms with Crippen LogP contribution in [0.4, 0.5) is 0 Å². The molecule has 1 heterocycles. The van der Waals surface area contributed by atoms with E-state index in [-0.39, 0.29) is 5.97 Å². The molecule has 0 saturated heterocycles. The van der Waals surface area contributed by atoms with Crippen LogP contribution in [0.25, 0.3) is 6.08 Å². The Morgan fingerprint density at radius 1 is 1.43 bits per heavy atom. The molecule has 1 aromatic heterocycles. The Hall–Kier alpha value is -2.21. The van der Waals surface area contributed by atoms with Crippen molar-refractivity contribution in [1.29, 1.82) is 0 Å². The maximum Gasteiger partial charge on any atom is 0.311 e. The molecule has 0 unspecified atom stereocenters. The number of hydrogen-bond donors (Lipinski definition) is 2. The summed E-state index contributed by atoms with van der Waals surface area (Å²) in [5, 5.41) is 8.36. The predicted molar refractivity (Wildman–Crippen MR) is 77.3 cm³/mol. The number of ether oxygens (including phenoxy) is 1. The summed E-state index contributed by atoms with van der Waals surface area (Å²) < 4.78 is 4.77. The molecule has 21 heavy (non-hydrogen) atoms. The second kappa shape index (κ2) is 7.54. The van der Waals surface area contributed by atoms with Gasteiger partial charge in [-0.15, -0.1) is 0 Å². The summed E-state index contributed by atoms with van der Waals surface area (Å²) in [6.07, 6.45) is 5.74. The fraction of sp³-hybridized carbons (Fsp3) is 0.400. The van der Waals surface area contributed by atoms with E-state index in [2.05, 4.69) is 4.98 Å². The fourth-order valence-electron chi connectivity index (χ4n) is 1.72. The number of hydrogen-bond acceptors (Lipinski definition) is 5. The number of esters is 1. The maximum atomic E-state index is 11.6. The molecule has 0 fully saturated rings. The Kier molecular flexibility index (Phi) is 6.05. The van der Waals surface area contributed by atoms with E-state index in [0.29, 0.717) is 18.5 Å². The topological polar surface area (TPSA) is 88.5 Å². The number of amides is 1. The molecule has 0 saturated carbocycles. The summed E-state index contributed by atoms with van der Waals surface area (Å²) >= 11 is 0. The summed E-state index contributed by atoms with van der Waals surface area (Å²) in [7, 11) is 1.38. The Balaban J connectivity index is 2.61. The quantitative estimate of drug-likeness (QED) is 0.361. The number of carbonyl (C=O) groups is 2. The summed E-state index contributed by atoms with van der Waals surface area (Å²) in [6, 6.07) is 3.65. The molecule has 114 valence electrons. The lowest BCUT2D eigenvalue weighted by Crippen LogP contribution is -2.26. The molecular formula is C15H20N2O4. The van der Waals surface area contributed by atoms with E-state index >= 15 is 0 Å². The monoisotopic (exact) mass is 292 g/mol. The van der Waals surface area contributed by atoms with E-state index in [9.17, 15) is 9.59 Å². The largest absolute Gasteiger partial charge is 0.469 e. The third kappa shape index (κ3) is 5.35. The van der Waals surface area contributed by atoms with Crippen LogP contribution in [0.5, 0.6) is 0 Å². The van der Waals surface area contributed by atoms with Crippen LogP contribution in [0, 0.1) is 5.41 Å². The van der Waals surface area contributed by atoms with Crippen molar-refractivity contribution in [1.82, 2.24) is 10.5 Å². The van der Waals surface area contributed by atoms with Gasteiger partial charge in [0.05, 0.1) is 18.2 Å². The Morgan fingerprint density at radius 2 is 2.14 bits per heavy atom. The van der Waals surface area contributed by atoms with Gasteiger partial charge in [-0.25, -0.2) is 5.48 Å². The van der Waals surface area contributed by atoms with Gasteiger partial charge in [-0.1, -0.05) is 6.07 Å². The number of nitrogens with zero attached hydrogens (tertiary/aromatic N) is 1. The van der Waals surface area contributed by atoms with Crippen LogP contribution >= 0.6 is 0 Å². The van der Waals surface area contributed by atoms with E-state index in [0.717, 1.165) is 5.56 Å². The van der Waals surface area contributed by atoms with Gasteiger partial charge >= 0.3 is 5.97 Å². The van der Waals surface area contributed by atoms with Crippen LogP contribution in [0.15, 0.2) is 24.4 Å².